The molecule has 1 fully saturated rings. The van der Waals surface area contributed by atoms with E-state index in [1.165, 1.54) is 16.0 Å². The van der Waals surface area contributed by atoms with Crippen LogP contribution in [0.5, 0.6) is 0 Å². The van der Waals surface area contributed by atoms with Crippen LogP contribution >= 0.6 is 11.3 Å². The summed E-state index contributed by atoms with van der Waals surface area (Å²) in [6.07, 6.45) is 2.70. The highest BCUT2D eigenvalue weighted by atomic mass is 32.1. The Morgan fingerprint density at radius 1 is 0.868 bits per heavy atom. The van der Waals surface area contributed by atoms with Crippen molar-refractivity contribution in [3.8, 4) is 6.07 Å². The fourth-order valence-corrected chi connectivity index (χ4v) is 6.62. The molecule has 5 rings (SSSR count). The van der Waals surface area contributed by atoms with Gasteiger partial charge in [-0.1, -0.05) is 68.1 Å². The first-order chi connectivity index (χ1) is 17.6. The Kier molecular flexibility index (Phi) is 9.54. The van der Waals surface area contributed by atoms with Gasteiger partial charge >= 0.3 is 0 Å². The second-order valence-corrected chi connectivity index (χ2v) is 12.1. The number of hydrogen-bond acceptors (Lipinski definition) is 6. The van der Waals surface area contributed by atoms with Crippen molar-refractivity contribution < 1.29 is 4.79 Å². The molecule has 2 aliphatic rings. The van der Waals surface area contributed by atoms with Gasteiger partial charge in [0, 0.05) is 42.0 Å². The van der Waals surface area contributed by atoms with Crippen molar-refractivity contribution in [2.45, 2.75) is 78.6 Å². The van der Waals surface area contributed by atoms with Crippen molar-refractivity contribution in [1.82, 2.24) is 9.80 Å². The lowest BCUT2D eigenvalue weighted by Gasteiger charge is -2.43. The van der Waals surface area contributed by atoms with Crippen LogP contribution in [0.3, 0.4) is 0 Å². The molecule has 38 heavy (non-hydrogen) atoms. The van der Waals surface area contributed by atoms with Gasteiger partial charge in [0.2, 0.25) is 0 Å². The Balaban J connectivity index is 0.000000213. The van der Waals surface area contributed by atoms with Gasteiger partial charge in [-0.05, 0) is 58.2 Å². The minimum absolute atomic E-state index is 0. The number of nitrogens with two attached hydrogens (primary N) is 1. The van der Waals surface area contributed by atoms with Crippen LogP contribution in [0, 0.1) is 11.3 Å². The van der Waals surface area contributed by atoms with Crippen LogP contribution in [0.25, 0.3) is 0 Å². The molecule has 202 valence electrons. The summed E-state index contributed by atoms with van der Waals surface area (Å²) in [5, 5.41) is 10.1. The van der Waals surface area contributed by atoms with Gasteiger partial charge in [0.25, 0.3) is 0 Å². The minimum Gasteiger partial charge on any atom is -0.389 e. The Morgan fingerprint density at radius 2 is 1.39 bits per heavy atom. The van der Waals surface area contributed by atoms with E-state index in [9.17, 15) is 10.1 Å². The number of anilines is 1. The summed E-state index contributed by atoms with van der Waals surface area (Å²) in [7, 11) is 0. The zero-order chi connectivity index (χ0) is 26.6. The number of carbonyl (C=O) groups is 1. The number of thiophene rings is 1. The molecule has 3 aromatic rings. The first-order valence-corrected chi connectivity index (χ1v) is 13.9. The average Bonchev–Trinajstić information content (AvgIpc) is 3.22. The maximum absolute atomic E-state index is 11.9. The summed E-state index contributed by atoms with van der Waals surface area (Å²) in [5.74, 6) is 0.370. The smallest absolute Gasteiger partial charge is 0.152 e. The van der Waals surface area contributed by atoms with Crippen LogP contribution in [-0.2, 0) is 29.8 Å². The van der Waals surface area contributed by atoms with E-state index in [1.54, 1.807) is 11.3 Å². The van der Waals surface area contributed by atoms with E-state index < -0.39 is 0 Å². The normalized spacial score (nSPS) is 18.3. The standard InChI is InChI=1S/C17H19N3S.C14H19NO.CH4/c1-17(2)15-13(10-18)16(19)21-14(15)8-9-20(17)11-12-6-4-3-5-7-12;1-14(2)13(16)9-6-10-15(14)11-12-7-4-3-5-8-12;/h3-7H,8-9,11,19H2,1-2H3;3-5,7-8H,6,9-11H2,1-2H3;1H4. The van der Waals surface area contributed by atoms with Gasteiger partial charge in [-0.25, -0.2) is 0 Å². The maximum atomic E-state index is 11.9. The molecule has 0 saturated carbocycles. The van der Waals surface area contributed by atoms with Crippen LogP contribution in [0.15, 0.2) is 60.7 Å². The van der Waals surface area contributed by atoms with E-state index in [4.69, 9.17) is 5.73 Å². The molecule has 2 aromatic carbocycles. The Bertz CT molecular complexity index is 1260. The van der Waals surface area contributed by atoms with Gasteiger partial charge in [0.15, 0.2) is 5.78 Å². The number of Topliss-reactive ketones (excluding diaryl/α,β-unsaturated/α-hetero) is 1. The summed E-state index contributed by atoms with van der Waals surface area (Å²) in [4.78, 5) is 17.9. The first kappa shape index (κ1) is 29.6. The number of rotatable bonds is 4. The monoisotopic (exact) mass is 530 g/mol. The number of nitrogens with zero attached hydrogens (tertiary/aromatic N) is 3. The molecule has 0 atom stereocenters. The van der Waals surface area contributed by atoms with Gasteiger partial charge in [-0.2, -0.15) is 5.26 Å². The molecule has 1 aromatic heterocycles. The summed E-state index contributed by atoms with van der Waals surface area (Å²) in [5.41, 5.74) is 9.96. The van der Waals surface area contributed by atoms with E-state index in [2.05, 4.69) is 66.1 Å². The molecule has 1 saturated heterocycles. The molecule has 0 amide bonds. The molecule has 6 heteroatoms. The Hall–Kier alpha value is -2.98. The zero-order valence-electron chi connectivity index (χ0n) is 22.5. The molecule has 3 heterocycles. The molecule has 2 aliphatic heterocycles. The second-order valence-electron chi connectivity index (χ2n) is 11.0. The summed E-state index contributed by atoms with van der Waals surface area (Å²) in [6, 6.07) is 23.1. The largest absolute Gasteiger partial charge is 0.389 e. The summed E-state index contributed by atoms with van der Waals surface area (Å²) in [6.45, 7) is 12.3. The fourth-order valence-electron chi connectivity index (χ4n) is 5.46. The number of likely N-dealkylation sites (tertiary alicyclic amines) is 1. The lowest BCUT2D eigenvalue weighted by molar-refractivity contribution is -0.133. The number of hydrogen-bond donors (Lipinski definition) is 1. The van der Waals surface area contributed by atoms with Crippen LogP contribution < -0.4 is 5.73 Å². The number of benzene rings is 2. The third-order valence-electron chi connectivity index (χ3n) is 7.87. The quantitative estimate of drug-likeness (QED) is 0.403. The molecule has 2 N–H and O–H groups in total. The number of fused-ring (bicyclic) bond motifs is 1. The van der Waals surface area contributed by atoms with Crippen LogP contribution in [0.1, 0.15) is 75.1 Å². The van der Waals surface area contributed by atoms with Gasteiger partial charge in [0.1, 0.15) is 11.1 Å². The molecule has 0 spiro atoms. The van der Waals surface area contributed by atoms with Gasteiger partial charge in [-0.3, -0.25) is 14.6 Å². The van der Waals surface area contributed by atoms with E-state index in [0.29, 0.717) is 16.3 Å². The highest BCUT2D eigenvalue weighted by molar-refractivity contribution is 7.16. The van der Waals surface area contributed by atoms with E-state index in [1.807, 2.05) is 38.1 Å². The van der Waals surface area contributed by atoms with Crippen molar-refractivity contribution in [3.05, 3.63) is 87.8 Å². The molecule has 0 bridgehead atoms. The summed E-state index contributed by atoms with van der Waals surface area (Å²) >= 11 is 1.58. The Labute approximate surface area is 232 Å². The highest BCUT2D eigenvalue weighted by Gasteiger charge is 2.39. The lowest BCUT2D eigenvalue weighted by Crippen LogP contribution is -2.53. The van der Waals surface area contributed by atoms with Crippen molar-refractivity contribution in [3.63, 3.8) is 0 Å². The predicted molar refractivity (Wildman–Crippen MR) is 159 cm³/mol. The van der Waals surface area contributed by atoms with Gasteiger partial charge < -0.3 is 5.73 Å². The zero-order valence-corrected chi connectivity index (χ0v) is 23.3. The second kappa shape index (κ2) is 12.3. The van der Waals surface area contributed by atoms with Crippen LogP contribution in [0.4, 0.5) is 5.00 Å². The lowest BCUT2D eigenvalue weighted by atomic mass is 9.85. The fraction of sp³-hybridized carbons (Fsp3) is 0.438. The first-order valence-electron chi connectivity index (χ1n) is 13.1. The summed E-state index contributed by atoms with van der Waals surface area (Å²) < 4.78 is 0. The SMILES string of the molecule is C.CC1(C)C(=O)CCCN1Cc1ccccc1.CC1(C)c2c(sc(N)c2C#N)CCN1Cc1ccccc1. The van der Waals surface area contributed by atoms with E-state index in [-0.39, 0.29) is 18.5 Å². The highest BCUT2D eigenvalue weighted by Crippen LogP contribution is 2.44. The van der Waals surface area contributed by atoms with Gasteiger partial charge in [-0.15, -0.1) is 11.3 Å². The van der Waals surface area contributed by atoms with Crippen LogP contribution in [-0.4, -0.2) is 34.2 Å². The van der Waals surface area contributed by atoms with Crippen molar-refractivity contribution in [2.24, 2.45) is 0 Å². The molecule has 0 radical (unpaired) electrons. The maximum Gasteiger partial charge on any atom is 0.152 e. The molecular weight excluding hydrogens is 488 g/mol. The average molecular weight is 531 g/mol. The molecule has 0 unspecified atom stereocenters. The number of piperidine rings is 1. The van der Waals surface area contributed by atoms with Crippen LogP contribution in [0.2, 0.25) is 0 Å². The number of carbonyl (C=O) groups excluding carboxylic acids is 1. The van der Waals surface area contributed by atoms with Crippen molar-refractivity contribution >= 4 is 22.1 Å². The molecular formula is C32H42N4OS. The number of ketones is 1. The number of nitrogen functional groups attached to an aromatic ring is 1. The topological polar surface area (TPSA) is 73.4 Å². The van der Waals surface area contributed by atoms with Gasteiger partial charge in [0.05, 0.1) is 11.1 Å². The molecule has 0 aliphatic carbocycles. The molecule has 5 nitrogen and oxygen atoms in total. The van der Waals surface area contributed by atoms with Crippen molar-refractivity contribution in [1.29, 1.82) is 5.26 Å². The van der Waals surface area contributed by atoms with E-state index in [0.717, 1.165) is 51.0 Å². The third kappa shape index (κ3) is 6.18. The predicted octanol–water partition coefficient (Wildman–Crippen LogP) is 6.76. The Morgan fingerprint density at radius 3 is 1.92 bits per heavy atom. The van der Waals surface area contributed by atoms with Crippen molar-refractivity contribution in [2.75, 3.05) is 18.8 Å². The van der Waals surface area contributed by atoms with E-state index >= 15 is 0 Å². The minimum atomic E-state index is -0.298. The number of nitriles is 1. The third-order valence-corrected chi connectivity index (χ3v) is 8.95.